The van der Waals surface area contributed by atoms with E-state index in [2.05, 4.69) is 0 Å². The molecule has 1 aliphatic carbocycles. The van der Waals surface area contributed by atoms with Gasteiger partial charge in [0.2, 0.25) is 5.91 Å². The molecule has 0 aliphatic heterocycles. The van der Waals surface area contributed by atoms with Crippen LogP contribution in [0.4, 0.5) is 0 Å². The van der Waals surface area contributed by atoms with Crippen LogP contribution in [0, 0.1) is 5.92 Å². The van der Waals surface area contributed by atoms with Crippen molar-refractivity contribution in [1.82, 2.24) is 4.90 Å². The van der Waals surface area contributed by atoms with Gasteiger partial charge in [-0.25, -0.2) is 0 Å². The normalized spacial score (nSPS) is 18.3. The van der Waals surface area contributed by atoms with Gasteiger partial charge in [0.25, 0.3) is 0 Å². The Morgan fingerprint density at radius 2 is 1.94 bits per heavy atom. The third-order valence-corrected chi connectivity index (χ3v) is 3.66. The minimum atomic E-state index is -0.976. The summed E-state index contributed by atoms with van der Waals surface area (Å²) in [5.41, 5.74) is 5.42. The number of nitrogens with two attached hydrogens (primary N) is 1. The van der Waals surface area contributed by atoms with E-state index < -0.39 is 12.0 Å². The van der Waals surface area contributed by atoms with Gasteiger partial charge in [-0.3, -0.25) is 9.59 Å². The summed E-state index contributed by atoms with van der Waals surface area (Å²) in [7, 11) is 1.79. The standard InChI is InChI=1S/C13H24N2O3/c1-15(9-5-8-11(14)13(17)18)12(16)10-6-3-2-4-7-10/h10-11H,2-9,14H2,1H3,(H,17,18)/t11-/m0/s1. The molecule has 0 aromatic rings. The smallest absolute Gasteiger partial charge is 0.320 e. The molecule has 3 N–H and O–H groups in total. The van der Waals surface area contributed by atoms with Crippen molar-refractivity contribution in [3.8, 4) is 0 Å². The Hall–Kier alpha value is -1.10. The van der Waals surface area contributed by atoms with E-state index in [4.69, 9.17) is 10.8 Å². The Morgan fingerprint density at radius 3 is 2.50 bits per heavy atom. The zero-order valence-electron chi connectivity index (χ0n) is 11.1. The van der Waals surface area contributed by atoms with Crippen LogP contribution in [0.15, 0.2) is 0 Å². The lowest BCUT2D eigenvalue weighted by molar-refractivity contribution is -0.138. The Kier molecular flexibility index (Phi) is 6.12. The van der Waals surface area contributed by atoms with Crippen molar-refractivity contribution in [3.05, 3.63) is 0 Å². The van der Waals surface area contributed by atoms with Crippen LogP contribution in [-0.2, 0) is 9.59 Å². The van der Waals surface area contributed by atoms with Crippen molar-refractivity contribution in [1.29, 1.82) is 0 Å². The maximum Gasteiger partial charge on any atom is 0.320 e. The van der Waals surface area contributed by atoms with E-state index in [0.717, 1.165) is 25.7 Å². The van der Waals surface area contributed by atoms with Gasteiger partial charge in [-0.1, -0.05) is 19.3 Å². The summed E-state index contributed by atoms with van der Waals surface area (Å²) in [5, 5.41) is 8.65. The average Bonchev–Trinajstić information content (AvgIpc) is 2.38. The van der Waals surface area contributed by atoms with Gasteiger partial charge >= 0.3 is 5.97 Å². The molecule has 1 amide bonds. The number of amides is 1. The maximum atomic E-state index is 12.1. The molecule has 0 saturated heterocycles. The molecule has 0 aromatic carbocycles. The summed E-state index contributed by atoms with van der Waals surface area (Å²) in [6.45, 7) is 0.594. The van der Waals surface area contributed by atoms with Crippen LogP contribution in [0.2, 0.25) is 0 Å². The van der Waals surface area contributed by atoms with Crippen molar-refractivity contribution in [2.45, 2.75) is 51.0 Å². The molecule has 0 spiro atoms. The third kappa shape index (κ3) is 4.64. The number of carboxylic acids is 1. The number of rotatable bonds is 6. The summed E-state index contributed by atoms with van der Waals surface area (Å²) in [4.78, 5) is 24.4. The molecule has 1 aliphatic rings. The lowest BCUT2D eigenvalue weighted by Gasteiger charge is -2.26. The summed E-state index contributed by atoms with van der Waals surface area (Å²) < 4.78 is 0. The predicted octanol–water partition coefficient (Wildman–Crippen LogP) is 1.22. The molecule has 1 saturated carbocycles. The van der Waals surface area contributed by atoms with Crippen molar-refractivity contribution < 1.29 is 14.7 Å². The summed E-state index contributed by atoms with van der Waals surface area (Å²) in [6.07, 6.45) is 6.58. The Morgan fingerprint density at radius 1 is 1.33 bits per heavy atom. The molecule has 1 rings (SSSR count). The number of nitrogens with zero attached hydrogens (tertiary/aromatic N) is 1. The monoisotopic (exact) mass is 256 g/mol. The summed E-state index contributed by atoms with van der Waals surface area (Å²) in [5.74, 6) is -0.591. The fourth-order valence-corrected chi connectivity index (χ4v) is 2.44. The first kappa shape index (κ1) is 15.0. The molecule has 1 fully saturated rings. The fourth-order valence-electron chi connectivity index (χ4n) is 2.44. The fraction of sp³-hybridized carbons (Fsp3) is 0.846. The van der Waals surface area contributed by atoms with Crippen molar-refractivity contribution >= 4 is 11.9 Å². The minimum Gasteiger partial charge on any atom is -0.480 e. The molecule has 5 nitrogen and oxygen atoms in total. The molecular formula is C13H24N2O3. The first-order chi connectivity index (χ1) is 8.52. The molecule has 1 atom stereocenters. The Balaban J connectivity index is 2.24. The molecule has 0 bridgehead atoms. The van der Waals surface area contributed by atoms with Crippen molar-refractivity contribution in [2.24, 2.45) is 11.7 Å². The maximum absolute atomic E-state index is 12.1. The Bertz CT molecular complexity index is 288. The molecule has 18 heavy (non-hydrogen) atoms. The van der Waals surface area contributed by atoms with Gasteiger partial charge in [-0.2, -0.15) is 0 Å². The number of carbonyl (C=O) groups excluding carboxylic acids is 1. The van der Waals surface area contributed by atoms with Crippen LogP contribution in [0.5, 0.6) is 0 Å². The lowest BCUT2D eigenvalue weighted by atomic mass is 9.88. The second-order valence-corrected chi connectivity index (χ2v) is 5.18. The minimum absolute atomic E-state index is 0.178. The van der Waals surface area contributed by atoms with Gasteiger partial charge in [-0.05, 0) is 25.7 Å². The molecular weight excluding hydrogens is 232 g/mol. The third-order valence-electron chi connectivity index (χ3n) is 3.66. The van der Waals surface area contributed by atoms with Gasteiger partial charge in [0.05, 0.1) is 0 Å². The van der Waals surface area contributed by atoms with Gasteiger partial charge in [0.1, 0.15) is 6.04 Å². The number of aliphatic carboxylic acids is 1. The van der Waals surface area contributed by atoms with Crippen LogP contribution >= 0.6 is 0 Å². The molecule has 0 aromatic heterocycles. The average molecular weight is 256 g/mol. The van der Waals surface area contributed by atoms with Crippen molar-refractivity contribution in [3.63, 3.8) is 0 Å². The molecule has 5 heteroatoms. The largest absolute Gasteiger partial charge is 0.480 e. The number of carboxylic acid groups (broad SMARTS) is 1. The SMILES string of the molecule is CN(CCC[C@H](N)C(=O)O)C(=O)C1CCCCC1. The molecule has 104 valence electrons. The first-order valence-corrected chi connectivity index (χ1v) is 6.75. The van der Waals surface area contributed by atoms with E-state index in [1.807, 2.05) is 0 Å². The van der Waals surface area contributed by atoms with Crippen LogP contribution < -0.4 is 5.73 Å². The molecule has 0 heterocycles. The summed E-state index contributed by atoms with van der Waals surface area (Å²) >= 11 is 0. The van der Waals surface area contributed by atoms with Gasteiger partial charge in [0, 0.05) is 19.5 Å². The second-order valence-electron chi connectivity index (χ2n) is 5.18. The zero-order chi connectivity index (χ0) is 13.5. The van der Waals surface area contributed by atoms with Gasteiger partial charge < -0.3 is 15.7 Å². The lowest BCUT2D eigenvalue weighted by Crippen LogP contribution is -2.36. The van der Waals surface area contributed by atoms with Crippen LogP contribution in [0.1, 0.15) is 44.9 Å². The van der Waals surface area contributed by atoms with E-state index in [-0.39, 0.29) is 11.8 Å². The highest BCUT2D eigenvalue weighted by atomic mass is 16.4. The zero-order valence-corrected chi connectivity index (χ0v) is 11.1. The van der Waals surface area contributed by atoms with Crippen molar-refractivity contribution in [2.75, 3.05) is 13.6 Å². The number of hydrogen-bond donors (Lipinski definition) is 2. The number of hydrogen-bond acceptors (Lipinski definition) is 3. The van der Waals surface area contributed by atoms with Crippen LogP contribution in [0.3, 0.4) is 0 Å². The van der Waals surface area contributed by atoms with Crippen LogP contribution in [-0.4, -0.2) is 41.5 Å². The second kappa shape index (κ2) is 7.36. The Labute approximate surface area is 108 Å². The highest BCUT2D eigenvalue weighted by Gasteiger charge is 2.23. The van der Waals surface area contributed by atoms with E-state index in [1.54, 1.807) is 11.9 Å². The van der Waals surface area contributed by atoms with E-state index in [1.165, 1.54) is 6.42 Å². The van der Waals surface area contributed by atoms with E-state index in [0.29, 0.717) is 19.4 Å². The first-order valence-electron chi connectivity index (χ1n) is 6.75. The summed E-state index contributed by atoms with van der Waals surface area (Å²) in [6, 6.07) is -0.816. The van der Waals surface area contributed by atoms with E-state index >= 15 is 0 Å². The highest BCUT2D eigenvalue weighted by molar-refractivity contribution is 5.78. The topological polar surface area (TPSA) is 83.6 Å². The molecule has 0 radical (unpaired) electrons. The van der Waals surface area contributed by atoms with Crippen LogP contribution in [0.25, 0.3) is 0 Å². The highest BCUT2D eigenvalue weighted by Crippen LogP contribution is 2.25. The molecule has 0 unspecified atom stereocenters. The van der Waals surface area contributed by atoms with Gasteiger partial charge in [-0.15, -0.1) is 0 Å². The van der Waals surface area contributed by atoms with E-state index in [9.17, 15) is 9.59 Å². The predicted molar refractivity (Wildman–Crippen MR) is 69.1 cm³/mol. The van der Waals surface area contributed by atoms with Gasteiger partial charge in [0.15, 0.2) is 0 Å². The quantitative estimate of drug-likeness (QED) is 0.748. The number of carbonyl (C=O) groups is 2.